The fourth-order valence-corrected chi connectivity index (χ4v) is 4.38. The van der Waals surface area contributed by atoms with E-state index in [9.17, 15) is 0 Å². The number of aryl methyl sites for hydroxylation is 2. The Bertz CT molecular complexity index is 1270. The third-order valence-electron chi connectivity index (χ3n) is 5.33. The molecular weight excluding hydrogens is 480 g/mol. The lowest BCUT2D eigenvalue weighted by Gasteiger charge is -2.18. The lowest BCUT2D eigenvalue weighted by atomic mass is 9.93. The topological polar surface area (TPSA) is 99.7 Å². The highest BCUT2D eigenvalue weighted by Crippen LogP contribution is 2.32. The molecule has 7 nitrogen and oxygen atoms in total. The van der Waals surface area contributed by atoms with Gasteiger partial charge in [0, 0.05) is 34.7 Å². The van der Waals surface area contributed by atoms with E-state index in [4.69, 9.17) is 32.0 Å². The molecule has 3 heterocycles. The van der Waals surface area contributed by atoms with Crippen LogP contribution in [-0.2, 0) is 12.8 Å². The van der Waals surface area contributed by atoms with Crippen molar-refractivity contribution < 1.29 is 4.74 Å². The van der Waals surface area contributed by atoms with Crippen LogP contribution in [0.25, 0.3) is 22.8 Å². The van der Waals surface area contributed by atoms with E-state index < -0.39 is 0 Å². The predicted molar refractivity (Wildman–Crippen MR) is 142 cm³/mol. The van der Waals surface area contributed by atoms with Gasteiger partial charge in [0.1, 0.15) is 11.4 Å². The summed E-state index contributed by atoms with van der Waals surface area (Å²) in [6.45, 7) is 7.23. The molecule has 0 spiro atoms. The second-order valence-corrected chi connectivity index (χ2v) is 11.0. The van der Waals surface area contributed by atoms with Gasteiger partial charge >= 0.3 is 0 Å². The quantitative estimate of drug-likeness (QED) is 0.284. The molecule has 4 rings (SSSR count). The van der Waals surface area contributed by atoms with Gasteiger partial charge in [0.2, 0.25) is 0 Å². The van der Waals surface area contributed by atoms with E-state index in [1.807, 2.05) is 30.5 Å². The molecule has 4 aromatic rings. The molecule has 0 saturated heterocycles. The van der Waals surface area contributed by atoms with Crippen molar-refractivity contribution in [3.8, 4) is 28.5 Å². The zero-order chi connectivity index (χ0) is 24.8. The average Bonchev–Trinajstić information content (AvgIpc) is 3.24. The van der Waals surface area contributed by atoms with Gasteiger partial charge in [-0.25, -0.2) is 19.9 Å². The molecule has 1 aromatic carbocycles. The Kier molecular flexibility index (Phi) is 7.93. The van der Waals surface area contributed by atoms with Gasteiger partial charge in [-0.3, -0.25) is 4.98 Å². The average molecular weight is 509 g/mol. The van der Waals surface area contributed by atoms with Crippen molar-refractivity contribution in [2.24, 2.45) is 5.41 Å². The van der Waals surface area contributed by atoms with Crippen molar-refractivity contribution in [3.63, 3.8) is 0 Å². The van der Waals surface area contributed by atoms with Gasteiger partial charge in [-0.2, -0.15) is 0 Å². The van der Waals surface area contributed by atoms with Gasteiger partial charge in [0.05, 0.1) is 23.5 Å². The van der Waals surface area contributed by atoms with Crippen LogP contribution in [0.2, 0.25) is 5.02 Å². The summed E-state index contributed by atoms with van der Waals surface area (Å²) in [5, 5.41) is 1.19. The lowest BCUT2D eigenvalue weighted by molar-refractivity contribution is 0.243. The standard InChI is InChI=1S/C26H29ClN6OS/c1-26(2,3)9-12-34-18-7-8-21(27)20(14-18)22-13-17(5-4-6-19-15-31-25(28)35-19)32-24(33-22)23-16-29-10-11-30-23/h7-8,10-11,13-16H,4-6,9,12H2,1-3H3,(H2,28,31). The van der Waals surface area contributed by atoms with E-state index in [1.165, 1.54) is 11.3 Å². The highest BCUT2D eigenvalue weighted by Gasteiger charge is 2.15. The Hall–Kier alpha value is -3.10. The maximum Gasteiger partial charge on any atom is 0.180 e. The Morgan fingerprint density at radius 2 is 1.86 bits per heavy atom. The fourth-order valence-electron chi connectivity index (χ4n) is 3.44. The number of rotatable bonds is 9. The van der Waals surface area contributed by atoms with E-state index >= 15 is 0 Å². The lowest BCUT2D eigenvalue weighted by Crippen LogP contribution is -2.11. The Morgan fingerprint density at radius 1 is 1.00 bits per heavy atom. The number of thiazole rings is 1. The minimum absolute atomic E-state index is 0.202. The van der Waals surface area contributed by atoms with E-state index in [0.717, 1.165) is 53.3 Å². The van der Waals surface area contributed by atoms with Crippen LogP contribution in [0.3, 0.4) is 0 Å². The summed E-state index contributed by atoms with van der Waals surface area (Å²) in [6.07, 6.45) is 10.3. The zero-order valence-electron chi connectivity index (χ0n) is 20.2. The molecule has 0 atom stereocenters. The van der Waals surface area contributed by atoms with Gasteiger partial charge in [0.15, 0.2) is 11.0 Å². The highest BCUT2D eigenvalue weighted by atomic mass is 35.5. The van der Waals surface area contributed by atoms with Crippen molar-refractivity contribution in [2.75, 3.05) is 12.3 Å². The zero-order valence-corrected chi connectivity index (χ0v) is 21.7. The molecule has 0 unspecified atom stereocenters. The van der Waals surface area contributed by atoms with Gasteiger partial charge in [-0.1, -0.05) is 32.4 Å². The van der Waals surface area contributed by atoms with Crippen molar-refractivity contribution in [1.82, 2.24) is 24.9 Å². The maximum atomic E-state index is 6.61. The second kappa shape index (κ2) is 11.1. The molecule has 9 heteroatoms. The summed E-state index contributed by atoms with van der Waals surface area (Å²) in [5.74, 6) is 1.28. The van der Waals surface area contributed by atoms with Crippen molar-refractivity contribution in [1.29, 1.82) is 0 Å². The first kappa shape index (κ1) is 25.0. The molecule has 0 aliphatic rings. The van der Waals surface area contributed by atoms with Crippen LogP contribution in [0.4, 0.5) is 5.13 Å². The SMILES string of the molecule is CC(C)(C)CCOc1ccc(Cl)c(-c2cc(CCCc3cnc(N)s3)nc(-c3cnccn3)n2)c1. The summed E-state index contributed by atoms with van der Waals surface area (Å²) in [5.41, 5.74) is 9.00. The minimum Gasteiger partial charge on any atom is -0.494 e. The molecule has 0 fully saturated rings. The molecule has 0 saturated carbocycles. The largest absolute Gasteiger partial charge is 0.494 e. The third kappa shape index (κ3) is 7.19. The van der Waals surface area contributed by atoms with Crippen LogP contribution in [0.5, 0.6) is 5.75 Å². The monoisotopic (exact) mass is 508 g/mol. The number of hydrogen-bond donors (Lipinski definition) is 1. The normalized spacial score (nSPS) is 11.5. The van der Waals surface area contributed by atoms with Crippen molar-refractivity contribution >= 4 is 28.1 Å². The Morgan fingerprint density at radius 3 is 2.57 bits per heavy atom. The first-order valence-corrected chi connectivity index (χ1v) is 12.7. The predicted octanol–water partition coefficient (Wildman–Crippen LogP) is 6.28. The summed E-state index contributed by atoms with van der Waals surface area (Å²) < 4.78 is 6.02. The first-order chi connectivity index (χ1) is 16.8. The molecule has 0 aliphatic carbocycles. The minimum atomic E-state index is 0.202. The Balaban J connectivity index is 1.61. The third-order valence-corrected chi connectivity index (χ3v) is 6.55. The second-order valence-electron chi connectivity index (χ2n) is 9.48. The molecular formula is C26H29ClN6OS. The number of anilines is 1. The fraction of sp³-hybridized carbons (Fsp3) is 0.346. The van der Waals surface area contributed by atoms with Crippen molar-refractivity contribution in [3.05, 3.63) is 64.6 Å². The van der Waals surface area contributed by atoms with E-state index in [2.05, 4.69) is 35.7 Å². The van der Waals surface area contributed by atoms with Crippen LogP contribution < -0.4 is 10.5 Å². The van der Waals surface area contributed by atoms with Gasteiger partial charge < -0.3 is 10.5 Å². The highest BCUT2D eigenvalue weighted by molar-refractivity contribution is 7.15. The van der Waals surface area contributed by atoms with E-state index in [1.54, 1.807) is 18.6 Å². The van der Waals surface area contributed by atoms with Gasteiger partial charge in [-0.15, -0.1) is 11.3 Å². The van der Waals surface area contributed by atoms with Crippen LogP contribution in [0.1, 0.15) is 44.2 Å². The number of nitrogens with two attached hydrogens (primary N) is 1. The molecule has 3 aromatic heterocycles. The van der Waals surface area contributed by atoms with Gasteiger partial charge in [0.25, 0.3) is 0 Å². The van der Waals surface area contributed by atoms with Gasteiger partial charge in [-0.05, 0) is 55.4 Å². The summed E-state index contributed by atoms with van der Waals surface area (Å²) in [4.78, 5) is 23.4. The summed E-state index contributed by atoms with van der Waals surface area (Å²) >= 11 is 8.13. The Labute approximate surface area is 214 Å². The van der Waals surface area contributed by atoms with Crippen LogP contribution >= 0.6 is 22.9 Å². The van der Waals surface area contributed by atoms with Crippen LogP contribution in [0, 0.1) is 5.41 Å². The van der Waals surface area contributed by atoms with E-state index in [0.29, 0.717) is 28.3 Å². The number of halogens is 1. The molecule has 182 valence electrons. The molecule has 0 bridgehead atoms. The van der Waals surface area contributed by atoms with Crippen LogP contribution in [-0.4, -0.2) is 31.5 Å². The number of nitrogens with zero attached hydrogens (tertiary/aromatic N) is 5. The summed E-state index contributed by atoms with van der Waals surface area (Å²) in [6, 6.07) is 7.67. The maximum absolute atomic E-state index is 6.61. The summed E-state index contributed by atoms with van der Waals surface area (Å²) in [7, 11) is 0. The number of aromatic nitrogens is 5. The number of benzene rings is 1. The number of hydrogen-bond acceptors (Lipinski definition) is 8. The molecule has 0 aliphatic heterocycles. The number of ether oxygens (including phenoxy) is 1. The molecule has 0 amide bonds. The first-order valence-electron chi connectivity index (χ1n) is 11.5. The molecule has 0 radical (unpaired) electrons. The molecule has 35 heavy (non-hydrogen) atoms. The number of nitrogen functional groups attached to an aromatic ring is 1. The van der Waals surface area contributed by atoms with Crippen molar-refractivity contribution in [2.45, 2.75) is 46.5 Å². The van der Waals surface area contributed by atoms with Crippen LogP contribution in [0.15, 0.2) is 49.1 Å². The van der Waals surface area contributed by atoms with E-state index in [-0.39, 0.29) is 5.41 Å². The molecule has 2 N–H and O–H groups in total. The smallest absolute Gasteiger partial charge is 0.180 e.